The average Bonchev–Trinajstić information content (AvgIpc) is 2.87. The molecule has 0 saturated heterocycles. The lowest BCUT2D eigenvalue weighted by Crippen LogP contribution is -2.11. The van der Waals surface area contributed by atoms with Crippen LogP contribution in [0.5, 0.6) is 0 Å². The molecule has 2 rings (SSSR count). The highest BCUT2D eigenvalue weighted by Gasteiger charge is 2.17. The van der Waals surface area contributed by atoms with E-state index in [1.165, 1.54) is 11.8 Å². The van der Waals surface area contributed by atoms with Crippen LogP contribution < -0.4 is 0 Å². The van der Waals surface area contributed by atoms with Gasteiger partial charge in [-0.3, -0.25) is 9.78 Å². The molecule has 6 heteroatoms. The Hall–Kier alpha value is -1.69. The van der Waals surface area contributed by atoms with Crippen molar-refractivity contribution < 1.29 is 9.21 Å². The Morgan fingerprint density at radius 2 is 2.11 bits per heavy atom. The maximum Gasteiger partial charge on any atom is 0.277 e. The summed E-state index contributed by atoms with van der Waals surface area (Å²) in [5, 5.41) is 8.12. The van der Waals surface area contributed by atoms with E-state index in [-0.39, 0.29) is 11.0 Å². The van der Waals surface area contributed by atoms with Gasteiger partial charge in [-0.2, -0.15) is 0 Å². The Bertz CT molecular complexity index is 527. The Morgan fingerprint density at radius 1 is 1.39 bits per heavy atom. The van der Waals surface area contributed by atoms with E-state index in [1.807, 2.05) is 13.8 Å². The lowest BCUT2D eigenvalue weighted by Gasteiger charge is -2.03. The number of rotatable bonds is 5. The molecule has 0 fully saturated rings. The molecule has 5 nitrogen and oxygen atoms in total. The van der Waals surface area contributed by atoms with Gasteiger partial charge in [0.2, 0.25) is 5.89 Å². The molecule has 0 aliphatic heterocycles. The normalized spacial score (nSPS) is 12.3. The first-order valence-corrected chi connectivity index (χ1v) is 6.52. The Morgan fingerprint density at radius 3 is 2.78 bits per heavy atom. The first-order chi connectivity index (χ1) is 8.70. The van der Waals surface area contributed by atoms with E-state index in [1.54, 1.807) is 24.5 Å². The number of carbonyl (C=O) groups is 1. The first-order valence-electron chi connectivity index (χ1n) is 5.64. The summed E-state index contributed by atoms with van der Waals surface area (Å²) in [5.41, 5.74) is 0.818. The van der Waals surface area contributed by atoms with Crippen molar-refractivity contribution in [2.75, 3.05) is 0 Å². The maximum absolute atomic E-state index is 11.5. The molecular formula is C12H13N3O2S. The highest BCUT2D eigenvalue weighted by molar-refractivity contribution is 8.00. The number of Topliss-reactive ketones (excluding diaryl/α,β-unsaturated/α-hetero) is 1. The van der Waals surface area contributed by atoms with Crippen molar-refractivity contribution >= 4 is 17.5 Å². The molecule has 2 heterocycles. The molecule has 1 unspecified atom stereocenters. The van der Waals surface area contributed by atoms with Crippen LogP contribution in [0.15, 0.2) is 34.2 Å². The molecule has 0 spiro atoms. The third-order valence-corrected chi connectivity index (χ3v) is 3.40. The highest BCUT2D eigenvalue weighted by atomic mass is 32.2. The minimum Gasteiger partial charge on any atom is -0.411 e. The Kier molecular flexibility index (Phi) is 4.09. The van der Waals surface area contributed by atoms with Gasteiger partial charge in [0.15, 0.2) is 0 Å². The molecule has 0 aliphatic rings. The maximum atomic E-state index is 11.5. The molecule has 0 amide bonds. The number of hydrogen-bond donors (Lipinski definition) is 0. The Balaban J connectivity index is 2.09. The van der Waals surface area contributed by atoms with Crippen LogP contribution in [0.4, 0.5) is 0 Å². The van der Waals surface area contributed by atoms with Crippen molar-refractivity contribution in [2.24, 2.45) is 0 Å². The van der Waals surface area contributed by atoms with E-state index in [4.69, 9.17) is 4.42 Å². The smallest absolute Gasteiger partial charge is 0.277 e. The average molecular weight is 263 g/mol. The molecule has 1 atom stereocenters. The quantitative estimate of drug-likeness (QED) is 0.772. The molecule has 18 heavy (non-hydrogen) atoms. The van der Waals surface area contributed by atoms with Gasteiger partial charge in [-0.1, -0.05) is 18.7 Å². The molecule has 2 aromatic heterocycles. The zero-order valence-electron chi connectivity index (χ0n) is 10.2. The van der Waals surface area contributed by atoms with Crippen LogP contribution in [0.3, 0.4) is 0 Å². The van der Waals surface area contributed by atoms with E-state index >= 15 is 0 Å². The second-order valence-electron chi connectivity index (χ2n) is 3.69. The van der Waals surface area contributed by atoms with E-state index in [2.05, 4.69) is 15.2 Å². The van der Waals surface area contributed by atoms with Crippen molar-refractivity contribution in [1.29, 1.82) is 0 Å². The van der Waals surface area contributed by atoms with Gasteiger partial charge in [0.1, 0.15) is 5.78 Å². The minimum atomic E-state index is -0.166. The lowest BCUT2D eigenvalue weighted by atomic mass is 10.2. The summed E-state index contributed by atoms with van der Waals surface area (Å²) in [6.45, 7) is 3.68. The molecular weight excluding hydrogens is 250 g/mol. The predicted molar refractivity (Wildman–Crippen MR) is 68.1 cm³/mol. The third kappa shape index (κ3) is 2.95. The number of aromatic nitrogens is 3. The van der Waals surface area contributed by atoms with Gasteiger partial charge in [0.25, 0.3) is 5.22 Å². The van der Waals surface area contributed by atoms with E-state index < -0.39 is 0 Å². The van der Waals surface area contributed by atoms with Crippen LogP contribution in [0.25, 0.3) is 11.5 Å². The summed E-state index contributed by atoms with van der Waals surface area (Å²) in [4.78, 5) is 15.4. The van der Waals surface area contributed by atoms with Crippen molar-refractivity contribution in [1.82, 2.24) is 15.2 Å². The summed E-state index contributed by atoms with van der Waals surface area (Å²) >= 11 is 1.29. The second kappa shape index (κ2) is 5.77. The predicted octanol–water partition coefficient (Wildman–Crippen LogP) is 2.59. The van der Waals surface area contributed by atoms with E-state index in [0.29, 0.717) is 17.5 Å². The van der Waals surface area contributed by atoms with Gasteiger partial charge in [-0.15, -0.1) is 10.2 Å². The van der Waals surface area contributed by atoms with Crippen LogP contribution in [0.2, 0.25) is 0 Å². The first kappa shape index (κ1) is 12.8. The number of hydrogen-bond acceptors (Lipinski definition) is 6. The number of carbonyl (C=O) groups excluding carboxylic acids is 1. The van der Waals surface area contributed by atoms with Gasteiger partial charge in [-0.25, -0.2) is 0 Å². The van der Waals surface area contributed by atoms with Crippen LogP contribution in [0, 0.1) is 0 Å². The SMILES string of the molecule is CCC(=O)C(C)Sc1nnc(-c2ccncc2)o1. The molecule has 2 aromatic rings. The lowest BCUT2D eigenvalue weighted by molar-refractivity contribution is -0.118. The van der Waals surface area contributed by atoms with Crippen LogP contribution in [0.1, 0.15) is 20.3 Å². The molecule has 0 radical (unpaired) electrons. The van der Waals surface area contributed by atoms with Crippen LogP contribution in [-0.4, -0.2) is 26.2 Å². The summed E-state index contributed by atoms with van der Waals surface area (Å²) in [6, 6.07) is 3.59. The summed E-state index contributed by atoms with van der Waals surface area (Å²) in [5.74, 6) is 0.611. The summed E-state index contributed by atoms with van der Waals surface area (Å²) in [7, 11) is 0. The van der Waals surface area contributed by atoms with Crippen molar-refractivity contribution in [3.05, 3.63) is 24.5 Å². The van der Waals surface area contributed by atoms with Crippen molar-refractivity contribution in [2.45, 2.75) is 30.7 Å². The van der Waals surface area contributed by atoms with Crippen LogP contribution in [-0.2, 0) is 4.79 Å². The number of pyridine rings is 1. The van der Waals surface area contributed by atoms with Gasteiger partial charge >= 0.3 is 0 Å². The number of thioether (sulfide) groups is 1. The van der Waals surface area contributed by atoms with E-state index in [0.717, 1.165) is 5.56 Å². The fraction of sp³-hybridized carbons (Fsp3) is 0.333. The molecule has 0 aliphatic carbocycles. The molecule has 0 N–H and O–H groups in total. The largest absolute Gasteiger partial charge is 0.411 e. The van der Waals surface area contributed by atoms with Crippen molar-refractivity contribution in [3.8, 4) is 11.5 Å². The minimum absolute atomic E-state index is 0.166. The molecule has 0 bridgehead atoms. The monoisotopic (exact) mass is 263 g/mol. The molecule has 0 saturated carbocycles. The third-order valence-electron chi connectivity index (χ3n) is 2.41. The van der Waals surface area contributed by atoms with E-state index in [9.17, 15) is 4.79 Å². The van der Waals surface area contributed by atoms with Crippen LogP contribution >= 0.6 is 11.8 Å². The fourth-order valence-electron chi connectivity index (χ4n) is 1.37. The number of nitrogens with zero attached hydrogens (tertiary/aromatic N) is 3. The van der Waals surface area contributed by atoms with Gasteiger partial charge in [0.05, 0.1) is 5.25 Å². The van der Waals surface area contributed by atoms with Gasteiger partial charge < -0.3 is 4.42 Å². The molecule has 0 aromatic carbocycles. The molecule has 94 valence electrons. The zero-order chi connectivity index (χ0) is 13.0. The topological polar surface area (TPSA) is 68.9 Å². The summed E-state index contributed by atoms with van der Waals surface area (Å²) < 4.78 is 5.50. The fourth-order valence-corrected chi connectivity index (χ4v) is 2.19. The second-order valence-corrected chi connectivity index (χ2v) is 4.98. The number of ketones is 1. The van der Waals surface area contributed by atoms with Gasteiger partial charge in [0, 0.05) is 24.4 Å². The summed E-state index contributed by atoms with van der Waals surface area (Å²) in [6.07, 6.45) is 3.84. The zero-order valence-corrected chi connectivity index (χ0v) is 11.0. The van der Waals surface area contributed by atoms with Crippen molar-refractivity contribution in [3.63, 3.8) is 0 Å². The Labute approximate surface area is 109 Å². The highest BCUT2D eigenvalue weighted by Crippen LogP contribution is 2.26. The standard InChI is InChI=1S/C12H13N3O2S/c1-3-10(16)8(2)18-12-15-14-11(17-12)9-4-6-13-7-5-9/h4-8H,3H2,1-2H3. The van der Waals surface area contributed by atoms with Gasteiger partial charge in [-0.05, 0) is 19.1 Å².